The molecule has 2 N–H and O–H groups in total. The van der Waals surface area contributed by atoms with Crippen LogP contribution in [-0.4, -0.2) is 30.1 Å². The van der Waals surface area contributed by atoms with Gasteiger partial charge in [0, 0.05) is 5.59 Å². The van der Waals surface area contributed by atoms with Crippen molar-refractivity contribution in [2.75, 3.05) is 7.11 Å². The van der Waals surface area contributed by atoms with E-state index in [1.165, 1.54) is 6.42 Å². The van der Waals surface area contributed by atoms with Crippen molar-refractivity contribution in [3.63, 3.8) is 0 Å². The highest BCUT2D eigenvalue weighted by Gasteiger charge is 2.36. The Morgan fingerprint density at radius 2 is 1.96 bits per heavy atom. The van der Waals surface area contributed by atoms with Crippen LogP contribution in [0.4, 0.5) is 0 Å². The van der Waals surface area contributed by atoms with Crippen LogP contribution >= 0.6 is 0 Å². The van der Waals surface area contributed by atoms with Crippen LogP contribution in [0.25, 0.3) is 0 Å². The molecule has 0 spiro atoms. The van der Waals surface area contributed by atoms with Gasteiger partial charge in [-0.25, -0.2) is 4.99 Å². The Hall–Kier alpha value is -2.09. The number of hydrogen-bond acceptors (Lipinski definition) is 6. The molecule has 1 saturated heterocycles. The first-order valence-electron chi connectivity index (χ1n) is 8.28. The van der Waals surface area contributed by atoms with Crippen LogP contribution < -0.4 is 20.6 Å². The second-order valence-corrected chi connectivity index (χ2v) is 6.25. The molecular weight excluding hydrogens is 308 g/mol. The lowest BCUT2D eigenvalue weighted by Gasteiger charge is -2.37. The first-order chi connectivity index (χ1) is 11.6. The molecule has 7 heteroatoms. The van der Waals surface area contributed by atoms with Gasteiger partial charge in [0.1, 0.15) is 5.75 Å². The quantitative estimate of drug-likeness (QED) is 0.605. The molecule has 0 bridgehead atoms. The highest BCUT2D eigenvalue weighted by molar-refractivity contribution is 5.91. The van der Waals surface area contributed by atoms with E-state index >= 15 is 0 Å². The van der Waals surface area contributed by atoms with E-state index in [9.17, 15) is 5.11 Å². The lowest BCUT2D eigenvalue weighted by molar-refractivity contribution is -1.03. The Balaban J connectivity index is 1.72. The number of quaternary nitrogens is 1. The molecule has 0 aromatic heterocycles. The maximum absolute atomic E-state index is 12.2. The Labute approximate surface area is 142 Å². The minimum atomic E-state index is -0.341. The molecule has 0 aliphatic carbocycles. The molecule has 7 nitrogen and oxygen atoms in total. The lowest BCUT2D eigenvalue weighted by Crippen LogP contribution is -3.20. The Morgan fingerprint density at radius 3 is 2.58 bits per heavy atom. The third-order valence-corrected chi connectivity index (χ3v) is 4.54. The maximum Gasteiger partial charge on any atom is 0.300 e. The summed E-state index contributed by atoms with van der Waals surface area (Å²) in [6.07, 6.45) is 5.34. The van der Waals surface area contributed by atoms with E-state index in [0.29, 0.717) is 23.4 Å². The molecule has 2 heterocycles. The second kappa shape index (κ2) is 7.21. The van der Waals surface area contributed by atoms with Crippen LogP contribution in [0.1, 0.15) is 38.7 Å². The molecule has 2 aliphatic heterocycles. The molecule has 130 valence electrons. The van der Waals surface area contributed by atoms with Gasteiger partial charge < -0.3 is 14.7 Å². The third-order valence-electron chi connectivity index (χ3n) is 4.54. The fourth-order valence-electron chi connectivity index (χ4n) is 3.26. The van der Waals surface area contributed by atoms with E-state index in [0.717, 1.165) is 18.0 Å². The molecule has 1 aromatic carbocycles. The molecule has 1 fully saturated rings. The summed E-state index contributed by atoms with van der Waals surface area (Å²) in [5, 5.41) is 15.4. The van der Waals surface area contributed by atoms with Gasteiger partial charge in [-0.1, -0.05) is 12.1 Å². The molecule has 1 aromatic rings. The number of hydrogen-bond donors (Lipinski definition) is 2. The zero-order valence-corrected chi connectivity index (χ0v) is 14.3. The van der Waals surface area contributed by atoms with Crippen LogP contribution in [0.15, 0.2) is 41.3 Å². The molecule has 0 saturated carbocycles. The predicted octanol–water partition coefficient (Wildman–Crippen LogP) is 0.114. The first-order valence-corrected chi connectivity index (χ1v) is 8.28. The summed E-state index contributed by atoms with van der Waals surface area (Å²) in [6, 6.07) is 7.72. The monoisotopic (exact) mass is 332 g/mol. The number of aliphatic imine (C=N–C) groups is 1. The van der Waals surface area contributed by atoms with Crippen molar-refractivity contribution in [1.82, 2.24) is 10.6 Å². The van der Waals surface area contributed by atoms with Crippen molar-refractivity contribution in [1.29, 1.82) is 0 Å². The van der Waals surface area contributed by atoms with Gasteiger partial charge in [-0.05, 0) is 56.7 Å². The summed E-state index contributed by atoms with van der Waals surface area (Å²) >= 11 is 0. The first kappa shape index (κ1) is 16.8. The average molecular weight is 332 g/mol. The fourth-order valence-corrected chi connectivity index (χ4v) is 3.26. The topological polar surface area (TPSA) is 73.6 Å². The van der Waals surface area contributed by atoms with Gasteiger partial charge in [-0.2, -0.15) is 0 Å². The predicted molar refractivity (Wildman–Crippen MR) is 87.4 cm³/mol. The van der Waals surface area contributed by atoms with Crippen molar-refractivity contribution in [2.45, 2.75) is 45.2 Å². The summed E-state index contributed by atoms with van der Waals surface area (Å²) in [6.45, 7) is 4.41. The molecule has 2 aliphatic rings. The molecule has 0 amide bonds. The summed E-state index contributed by atoms with van der Waals surface area (Å²) in [5.74, 6) is 0.649. The Morgan fingerprint density at radius 1 is 1.29 bits per heavy atom. The van der Waals surface area contributed by atoms with Crippen LogP contribution in [-0.2, 0) is 4.84 Å². The van der Waals surface area contributed by atoms with Gasteiger partial charge in [0.2, 0.25) is 6.20 Å². The average Bonchev–Trinajstić information content (AvgIpc) is 3.03. The van der Waals surface area contributed by atoms with E-state index in [4.69, 9.17) is 9.57 Å². The van der Waals surface area contributed by atoms with Crippen molar-refractivity contribution in [2.24, 2.45) is 4.99 Å². The minimum Gasteiger partial charge on any atom is -0.858 e. The van der Waals surface area contributed by atoms with Crippen molar-refractivity contribution >= 4 is 5.90 Å². The van der Waals surface area contributed by atoms with Gasteiger partial charge in [0.15, 0.2) is 0 Å². The summed E-state index contributed by atoms with van der Waals surface area (Å²) in [7, 11) is 1.59. The van der Waals surface area contributed by atoms with Crippen LogP contribution in [0, 0.1) is 0 Å². The highest BCUT2D eigenvalue weighted by Crippen LogP contribution is 2.19. The molecule has 3 atom stereocenters. The van der Waals surface area contributed by atoms with Crippen LogP contribution in [0.5, 0.6) is 5.75 Å². The zero-order valence-electron chi connectivity index (χ0n) is 14.3. The molecule has 0 radical (unpaired) electrons. The van der Waals surface area contributed by atoms with Crippen LogP contribution in [0.3, 0.4) is 0 Å². The van der Waals surface area contributed by atoms with E-state index < -0.39 is 0 Å². The number of piperidine rings is 1. The number of ether oxygens (including phenoxy) is 1. The Bertz CT molecular complexity index is 619. The number of rotatable bonds is 4. The van der Waals surface area contributed by atoms with Gasteiger partial charge in [0.25, 0.3) is 0 Å². The maximum atomic E-state index is 12.2. The van der Waals surface area contributed by atoms with Crippen molar-refractivity contribution < 1.29 is 19.8 Å². The molecule has 3 rings (SSSR count). The zero-order chi connectivity index (χ0) is 17.1. The fraction of sp³-hybridized carbons (Fsp3) is 0.471. The van der Waals surface area contributed by atoms with E-state index in [-0.39, 0.29) is 11.8 Å². The van der Waals surface area contributed by atoms with Gasteiger partial charge >= 0.3 is 5.88 Å². The normalized spacial score (nSPS) is 28.4. The highest BCUT2D eigenvalue weighted by atomic mass is 16.7. The molecule has 3 unspecified atom stereocenters. The number of methoxy groups -OCH3 is 1. The molecular formula is C17H24N4O3. The number of nitrogens with zero attached hydrogens (tertiary/aromatic N) is 2. The molecule has 24 heavy (non-hydrogen) atoms. The summed E-state index contributed by atoms with van der Waals surface area (Å²) in [5.41, 5.74) is 3.39. The van der Waals surface area contributed by atoms with Crippen molar-refractivity contribution in [3.05, 3.63) is 41.9 Å². The number of nitrogens with one attached hydrogen (secondary N) is 2. The summed E-state index contributed by atoms with van der Waals surface area (Å²) in [4.78, 5) is 9.42. The minimum absolute atomic E-state index is 0.288. The van der Waals surface area contributed by atoms with Gasteiger partial charge in [0.05, 0.1) is 19.2 Å². The van der Waals surface area contributed by atoms with E-state index in [2.05, 4.69) is 29.4 Å². The third kappa shape index (κ3) is 3.53. The second-order valence-electron chi connectivity index (χ2n) is 6.25. The van der Waals surface area contributed by atoms with E-state index in [1.54, 1.807) is 37.6 Å². The number of benzene rings is 1. The van der Waals surface area contributed by atoms with Crippen LogP contribution in [0.2, 0.25) is 0 Å². The standard InChI is InChI=1S/C17H24N4O3/c1-12-5-4-6-13(2)21(12)20-11-16(24-19-20)18-17(22)14-7-9-15(23-3)10-8-14/h7-13,19H,4-6H2,1-3H3,(H,18,22). The summed E-state index contributed by atoms with van der Waals surface area (Å²) < 4.78 is 5.09. The Kier molecular flexibility index (Phi) is 5.03. The van der Waals surface area contributed by atoms with E-state index in [1.807, 2.05) is 0 Å². The lowest BCUT2D eigenvalue weighted by atomic mass is 10.00. The van der Waals surface area contributed by atoms with Gasteiger partial charge in [-0.15, -0.1) is 10.1 Å². The SMILES string of the molecule is COc1ccc(C([O-])=NC2=C[NH+](N3C(C)CCCC3C)NO2)cc1. The largest absolute Gasteiger partial charge is 0.858 e. The van der Waals surface area contributed by atoms with Gasteiger partial charge in [-0.3, -0.25) is 0 Å². The van der Waals surface area contributed by atoms with Crippen molar-refractivity contribution in [3.8, 4) is 5.75 Å². The smallest absolute Gasteiger partial charge is 0.300 e.